The van der Waals surface area contributed by atoms with E-state index in [-0.39, 0.29) is 5.76 Å². The molecule has 2 aromatic rings. The lowest BCUT2D eigenvalue weighted by Gasteiger charge is -1.93. The number of carbonyl (C=O) groups is 1. The van der Waals surface area contributed by atoms with E-state index in [1.807, 2.05) is 0 Å². The fraction of sp³-hybridized carbons (Fsp3) is 0. The van der Waals surface area contributed by atoms with Gasteiger partial charge in [0.25, 0.3) is 0 Å². The van der Waals surface area contributed by atoms with Gasteiger partial charge in [0.1, 0.15) is 11.6 Å². The predicted molar refractivity (Wildman–Crippen MR) is 48.2 cm³/mol. The molecule has 0 atom stereocenters. The summed E-state index contributed by atoms with van der Waals surface area (Å²) in [6, 6.07) is 6.80. The van der Waals surface area contributed by atoms with Gasteiger partial charge >= 0.3 is 0 Å². The predicted octanol–water partition coefficient (Wildman–Crippen LogP) is 1.56. The lowest BCUT2D eigenvalue weighted by Crippen LogP contribution is -2.21. The fourth-order valence-corrected chi connectivity index (χ4v) is 1.59. The van der Waals surface area contributed by atoms with Crippen LogP contribution in [0.15, 0.2) is 33.2 Å². The summed E-state index contributed by atoms with van der Waals surface area (Å²) in [5.74, 6) is -1.45. The van der Waals surface area contributed by atoms with Gasteiger partial charge < -0.3 is 14.3 Å². The minimum absolute atomic E-state index is 0.151. The molecule has 0 N–H and O–H groups in total. The van der Waals surface area contributed by atoms with E-state index in [1.54, 1.807) is 18.2 Å². The number of carboxylic acid groups (broad SMARTS) is 1. The highest BCUT2D eigenvalue weighted by Gasteiger charge is 2.06. The normalized spacial score (nSPS) is 10.5. The highest BCUT2D eigenvalue weighted by molar-refractivity contribution is 9.10. The number of fused-ring (bicyclic) bond motifs is 1. The van der Waals surface area contributed by atoms with Crippen molar-refractivity contribution in [2.24, 2.45) is 0 Å². The molecule has 66 valence electrons. The van der Waals surface area contributed by atoms with Crippen molar-refractivity contribution in [3.8, 4) is 0 Å². The van der Waals surface area contributed by atoms with E-state index in [0.717, 1.165) is 9.86 Å². The highest BCUT2D eigenvalue weighted by Crippen LogP contribution is 2.26. The molecule has 0 amide bonds. The van der Waals surface area contributed by atoms with Gasteiger partial charge in [-0.2, -0.15) is 0 Å². The molecule has 0 unspecified atom stereocenters. The number of aromatic carboxylic acids is 1. The van der Waals surface area contributed by atoms with Crippen LogP contribution in [0.1, 0.15) is 10.6 Å². The van der Waals surface area contributed by atoms with Gasteiger partial charge in [-0.25, -0.2) is 0 Å². The highest BCUT2D eigenvalue weighted by atomic mass is 79.9. The van der Waals surface area contributed by atoms with Crippen molar-refractivity contribution < 1.29 is 14.3 Å². The molecule has 0 radical (unpaired) electrons. The van der Waals surface area contributed by atoms with Crippen molar-refractivity contribution in [3.63, 3.8) is 0 Å². The Morgan fingerprint density at radius 2 is 2.23 bits per heavy atom. The zero-order valence-electron chi connectivity index (χ0n) is 6.41. The number of hydrogen-bond acceptors (Lipinski definition) is 3. The third kappa shape index (κ3) is 1.33. The first-order valence-electron chi connectivity index (χ1n) is 3.58. The second-order valence-electron chi connectivity index (χ2n) is 2.56. The van der Waals surface area contributed by atoms with Crippen molar-refractivity contribution in [2.45, 2.75) is 0 Å². The van der Waals surface area contributed by atoms with Crippen LogP contribution in [0, 0.1) is 0 Å². The third-order valence-electron chi connectivity index (χ3n) is 1.70. The van der Waals surface area contributed by atoms with Gasteiger partial charge in [0, 0.05) is 5.39 Å². The molecule has 0 fully saturated rings. The molecule has 1 aromatic heterocycles. The average Bonchev–Trinajstić information content (AvgIpc) is 2.49. The number of benzene rings is 1. The third-order valence-corrected chi connectivity index (χ3v) is 2.32. The first-order valence-corrected chi connectivity index (χ1v) is 4.37. The molecule has 0 aliphatic heterocycles. The summed E-state index contributed by atoms with van der Waals surface area (Å²) in [5, 5.41) is 11.2. The smallest absolute Gasteiger partial charge is 0.150 e. The van der Waals surface area contributed by atoms with Crippen LogP contribution in [0.5, 0.6) is 0 Å². The maximum Gasteiger partial charge on any atom is 0.150 e. The van der Waals surface area contributed by atoms with E-state index in [1.165, 1.54) is 6.07 Å². The number of carbonyl (C=O) groups excluding carboxylic acids is 1. The Bertz CT molecular complexity index is 473. The zero-order chi connectivity index (χ0) is 9.42. The summed E-state index contributed by atoms with van der Waals surface area (Å²) < 4.78 is 5.79. The van der Waals surface area contributed by atoms with E-state index in [4.69, 9.17) is 4.42 Å². The average molecular weight is 240 g/mol. The number of furan rings is 1. The standard InChI is InChI=1S/C9H5BrO3/c10-6-3-1-2-5-4-7(9(11)12)13-8(5)6/h1-4H,(H,11,12)/p-1. The summed E-state index contributed by atoms with van der Waals surface area (Å²) in [6.07, 6.45) is 0. The molecule has 1 heterocycles. The lowest BCUT2D eigenvalue weighted by atomic mass is 10.2. The van der Waals surface area contributed by atoms with Crippen LogP contribution in [0.2, 0.25) is 0 Å². The van der Waals surface area contributed by atoms with Crippen LogP contribution in [0.3, 0.4) is 0 Å². The monoisotopic (exact) mass is 239 g/mol. The molecule has 0 bridgehead atoms. The fourth-order valence-electron chi connectivity index (χ4n) is 1.13. The number of halogens is 1. The van der Waals surface area contributed by atoms with E-state index in [9.17, 15) is 9.90 Å². The number of rotatable bonds is 1. The summed E-state index contributed by atoms with van der Waals surface area (Å²) in [4.78, 5) is 10.5. The Morgan fingerprint density at radius 3 is 2.85 bits per heavy atom. The zero-order valence-corrected chi connectivity index (χ0v) is 8.00. The Morgan fingerprint density at radius 1 is 1.46 bits per heavy atom. The van der Waals surface area contributed by atoms with Gasteiger partial charge in [-0.1, -0.05) is 12.1 Å². The Balaban J connectivity index is 2.75. The van der Waals surface area contributed by atoms with E-state index in [2.05, 4.69) is 15.9 Å². The van der Waals surface area contributed by atoms with Crippen LogP contribution >= 0.6 is 15.9 Å². The van der Waals surface area contributed by atoms with Gasteiger partial charge in [0.15, 0.2) is 5.76 Å². The summed E-state index contributed by atoms with van der Waals surface area (Å²) in [6.45, 7) is 0. The largest absolute Gasteiger partial charge is 0.542 e. The second kappa shape index (κ2) is 2.88. The molecule has 3 nitrogen and oxygen atoms in total. The molecular formula is C9H4BrO3-. The maximum atomic E-state index is 10.5. The van der Waals surface area contributed by atoms with Crippen molar-refractivity contribution in [1.82, 2.24) is 0 Å². The molecule has 0 aliphatic rings. The van der Waals surface area contributed by atoms with Crippen LogP contribution < -0.4 is 5.11 Å². The van der Waals surface area contributed by atoms with E-state index < -0.39 is 5.97 Å². The molecule has 13 heavy (non-hydrogen) atoms. The summed E-state index contributed by atoms with van der Waals surface area (Å²) in [5.41, 5.74) is 0.529. The van der Waals surface area contributed by atoms with Crippen LogP contribution in [-0.2, 0) is 0 Å². The molecule has 0 spiro atoms. The summed E-state index contributed by atoms with van der Waals surface area (Å²) >= 11 is 3.25. The van der Waals surface area contributed by atoms with E-state index >= 15 is 0 Å². The number of carboxylic acids is 1. The van der Waals surface area contributed by atoms with Crippen molar-refractivity contribution >= 4 is 32.9 Å². The van der Waals surface area contributed by atoms with Gasteiger partial charge in [0.05, 0.1) is 4.47 Å². The number of para-hydroxylation sites is 1. The van der Waals surface area contributed by atoms with Gasteiger partial charge in [-0.05, 0) is 28.1 Å². The van der Waals surface area contributed by atoms with Crippen molar-refractivity contribution in [3.05, 3.63) is 34.5 Å². The number of hydrogen-bond donors (Lipinski definition) is 0. The SMILES string of the molecule is O=C([O-])c1cc2cccc(Br)c2o1. The first kappa shape index (κ1) is 8.31. The quantitative estimate of drug-likeness (QED) is 0.759. The molecule has 0 saturated heterocycles. The lowest BCUT2D eigenvalue weighted by molar-refractivity contribution is -0.256. The molecule has 2 rings (SSSR count). The Kier molecular flexibility index (Phi) is 1.84. The minimum Gasteiger partial charge on any atom is -0.542 e. The Labute approximate surface area is 82.1 Å². The molecule has 0 saturated carbocycles. The topological polar surface area (TPSA) is 53.3 Å². The molecule has 1 aromatic carbocycles. The van der Waals surface area contributed by atoms with Gasteiger partial charge in [0.2, 0.25) is 0 Å². The van der Waals surface area contributed by atoms with Gasteiger partial charge in [-0.3, -0.25) is 0 Å². The van der Waals surface area contributed by atoms with Crippen molar-refractivity contribution in [1.29, 1.82) is 0 Å². The van der Waals surface area contributed by atoms with Crippen LogP contribution in [0.4, 0.5) is 0 Å². The minimum atomic E-state index is -1.30. The second-order valence-corrected chi connectivity index (χ2v) is 3.41. The first-order chi connectivity index (χ1) is 6.18. The molecule has 0 aliphatic carbocycles. The summed E-state index contributed by atoms with van der Waals surface area (Å²) in [7, 11) is 0. The van der Waals surface area contributed by atoms with E-state index in [0.29, 0.717) is 5.58 Å². The van der Waals surface area contributed by atoms with Crippen LogP contribution in [0.25, 0.3) is 11.0 Å². The van der Waals surface area contributed by atoms with Crippen LogP contribution in [-0.4, -0.2) is 5.97 Å². The molecule has 4 heteroatoms. The van der Waals surface area contributed by atoms with Crippen molar-refractivity contribution in [2.75, 3.05) is 0 Å². The Hall–Kier alpha value is -1.29. The maximum absolute atomic E-state index is 10.5. The van der Waals surface area contributed by atoms with Gasteiger partial charge in [-0.15, -0.1) is 0 Å². The molecular weight excluding hydrogens is 236 g/mol.